The fourth-order valence-corrected chi connectivity index (χ4v) is 2.61. The van der Waals surface area contributed by atoms with Crippen LogP contribution in [0.3, 0.4) is 0 Å². The van der Waals surface area contributed by atoms with E-state index in [2.05, 4.69) is 5.32 Å². The maximum Gasteiger partial charge on any atom is 0.241 e. The Hall–Kier alpha value is -1.78. The number of carbonyl (C=O) groups excluding carboxylic acids is 1. The highest BCUT2D eigenvalue weighted by atomic mass is 32.2. The fraction of sp³-hybridized carbons (Fsp3) is 0.188. The van der Waals surface area contributed by atoms with Gasteiger partial charge in [-0.1, -0.05) is 49.0 Å². The van der Waals surface area contributed by atoms with E-state index < -0.39 is 6.04 Å². The second-order valence-corrected chi connectivity index (χ2v) is 5.53. The molecule has 3 N–H and O–H groups in total. The summed E-state index contributed by atoms with van der Waals surface area (Å²) in [5.74, 6) is -0.145. The van der Waals surface area contributed by atoms with Crippen LogP contribution >= 0.6 is 11.8 Å². The Morgan fingerprint density at radius 2 is 1.80 bits per heavy atom. The van der Waals surface area contributed by atoms with Crippen LogP contribution in [0.1, 0.15) is 13.3 Å². The third kappa shape index (κ3) is 3.85. The zero-order chi connectivity index (χ0) is 14.4. The average molecular weight is 286 g/mol. The summed E-state index contributed by atoms with van der Waals surface area (Å²) in [5, 5.41) is 2.90. The minimum atomic E-state index is -0.468. The van der Waals surface area contributed by atoms with Crippen LogP contribution in [0.25, 0.3) is 0 Å². The standard InChI is InChI=1S/C16H18N2OS/c1-2-13(17)16(19)18-14-10-6-7-11-15(14)20-12-8-4-3-5-9-12/h3-11,13H,2,17H2,1H3,(H,18,19)/t13-/m1/s1. The third-order valence-electron chi connectivity index (χ3n) is 2.89. The van der Waals surface area contributed by atoms with Crippen molar-refractivity contribution in [3.63, 3.8) is 0 Å². The number of anilines is 1. The van der Waals surface area contributed by atoms with Crippen LogP contribution in [0.4, 0.5) is 5.69 Å². The van der Waals surface area contributed by atoms with Crippen LogP contribution in [0, 0.1) is 0 Å². The maximum absolute atomic E-state index is 11.9. The molecule has 0 unspecified atom stereocenters. The number of benzene rings is 2. The Kier molecular flexibility index (Phi) is 5.21. The molecule has 0 spiro atoms. The summed E-state index contributed by atoms with van der Waals surface area (Å²) >= 11 is 1.62. The molecule has 0 aromatic heterocycles. The van der Waals surface area contributed by atoms with Gasteiger partial charge in [-0.15, -0.1) is 0 Å². The fourth-order valence-electron chi connectivity index (χ4n) is 1.69. The molecule has 0 aliphatic heterocycles. The van der Waals surface area contributed by atoms with E-state index in [0.717, 1.165) is 15.5 Å². The van der Waals surface area contributed by atoms with Crippen LogP contribution in [0.5, 0.6) is 0 Å². The molecule has 0 saturated heterocycles. The van der Waals surface area contributed by atoms with Crippen molar-refractivity contribution in [1.82, 2.24) is 0 Å². The van der Waals surface area contributed by atoms with Crippen LogP contribution in [-0.2, 0) is 4.79 Å². The van der Waals surface area contributed by atoms with Crippen molar-refractivity contribution in [2.45, 2.75) is 29.2 Å². The highest BCUT2D eigenvalue weighted by molar-refractivity contribution is 7.99. The smallest absolute Gasteiger partial charge is 0.241 e. The molecule has 0 heterocycles. The molecule has 2 aromatic carbocycles. The molecule has 4 heteroatoms. The summed E-state index contributed by atoms with van der Waals surface area (Å²) in [5.41, 5.74) is 6.55. The van der Waals surface area contributed by atoms with Crippen molar-refractivity contribution in [2.75, 3.05) is 5.32 Å². The lowest BCUT2D eigenvalue weighted by Gasteiger charge is -2.13. The molecule has 0 saturated carbocycles. The Balaban J connectivity index is 2.16. The summed E-state index contributed by atoms with van der Waals surface area (Å²) in [4.78, 5) is 14.0. The molecule has 0 fully saturated rings. The number of amides is 1. The molecule has 104 valence electrons. The zero-order valence-corrected chi connectivity index (χ0v) is 12.2. The lowest BCUT2D eigenvalue weighted by Crippen LogP contribution is -2.34. The third-order valence-corrected chi connectivity index (χ3v) is 3.98. The first-order valence-electron chi connectivity index (χ1n) is 6.59. The lowest BCUT2D eigenvalue weighted by molar-refractivity contribution is -0.117. The Morgan fingerprint density at radius 1 is 1.15 bits per heavy atom. The van der Waals surface area contributed by atoms with Gasteiger partial charge in [-0.3, -0.25) is 4.79 Å². The van der Waals surface area contributed by atoms with Gasteiger partial charge >= 0.3 is 0 Å². The van der Waals surface area contributed by atoms with Crippen LogP contribution in [-0.4, -0.2) is 11.9 Å². The zero-order valence-electron chi connectivity index (χ0n) is 11.4. The summed E-state index contributed by atoms with van der Waals surface area (Å²) < 4.78 is 0. The monoisotopic (exact) mass is 286 g/mol. The molecular formula is C16H18N2OS. The van der Waals surface area contributed by atoms with Gasteiger partial charge in [0.1, 0.15) is 0 Å². The van der Waals surface area contributed by atoms with Crippen molar-refractivity contribution in [1.29, 1.82) is 0 Å². The molecule has 1 amide bonds. The normalized spacial score (nSPS) is 11.9. The second kappa shape index (κ2) is 7.12. The predicted octanol–water partition coefficient (Wildman–Crippen LogP) is 3.51. The van der Waals surface area contributed by atoms with Crippen LogP contribution < -0.4 is 11.1 Å². The van der Waals surface area contributed by atoms with E-state index in [1.807, 2.05) is 61.5 Å². The van der Waals surface area contributed by atoms with E-state index in [-0.39, 0.29) is 5.91 Å². The van der Waals surface area contributed by atoms with Gasteiger partial charge in [-0.2, -0.15) is 0 Å². The quantitative estimate of drug-likeness (QED) is 0.884. The summed E-state index contributed by atoms with van der Waals surface area (Å²) in [6, 6.07) is 17.3. The van der Waals surface area contributed by atoms with Gasteiger partial charge < -0.3 is 11.1 Å². The van der Waals surface area contributed by atoms with Crippen molar-refractivity contribution in [2.24, 2.45) is 5.73 Å². The van der Waals surface area contributed by atoms with Crippen molar-refractivity contribution in [3.05, 3.63) is 54.6 Å². The predicted molar refractivity (Wildman–Crippen MR) is 83.9 cm³/mol. The SMILES string of the molecule is CC[C@@H](N)C(=O)Nc1ccccc1Sc1ccccc1. The number of para-hydroxylation sites is 1. The number of rotatable bonds is 5. The van der Waals surface area contributed by atoms with Crippen LogP contribution in [0.15, 0.2) is 64.4 Å². The first-order valence-corrected chi connectivity index (χ1v) is 7.40. The summed E-state index contributed by atoms with van der Waals surface area (Å²) in [6.07, 6.45) is 0.625. The highest BCUT2D eigenvalue weighted by Gasteiger charge is 2.13. The summed E-state index contributed by atoms with van der Waals surface area (Å²) in [7, 11) is 0. The van der Waals surface area contributed by atoms with E-state index in [1.165, 1.54) is 0 Å². The van der Waals surface area contributed by atoms with E-state index in [4.69, 9.17) is 5.73 Å². The van der Waals surface area contributed by atoms with E-state index in [1.54, 1.807) is 11.8 Å². The molecule has 2 rings (SSSR count). The molecule has 20 heavy (non-hydrogen) atoms. The van der Waals surface area contributed by atoms with Crippen molar-refractivity contribution >= 4 is 23.4 Å². The molecule has 0 aliphatic rings. The van der Waals surface area contributed by atoms with Gasteiger partial charge in [0.05, 0.1) is 11.7 Å². The number of hydrogen-bond donors (Lipinski definition) is 2. The number of nitrogens with one attached hydrogen (secondary N) is 1. The van der Waals surface area contributed by atoms with Gasteiger partial charge in [-0.25, -0.2) is 0 Å². The molecular weight excluding hydrogens is 268 g/mol. The number of hydrogen-bond acceptors (Lipinski definition) is 3. The van der Waals surface area contributed by atoms with Gasteiger partial charge in [0, 0.05) is 9.79 Å². The highest BCUT2D eigenvalue weighted by Crippen LogP contribution is 2.33. The first-order chi connectivity index (χ1) is 9.70. The average Bonchev–Trinajstić information content (AvgIpc) is 2.49. The maximum atomic E-state index is 11.9. The van der Waals surface area contributed by atoms with Gasteiger partial charge in [0.25, 0.3) is 0 Å². The Labute approximate surface area is 123 Å². The van der Waals surface area contributed by atoms with Crippen molar-refractivity contribution in [3.8, 4) is 0 Å². The molecule has 2 aromatic rings. The first kappa shape index (κ1) is 14.6. The van der Waals surface area contributed by atoms with Gasteiger partial charge in [0.15, 0.2) is 0 Å². The molecule has 1 atom stereocenters. The molecule has 0 bridgehead atoms. The van der Waals surface area contributed by atoms with Crippen LogP contribution in [0.2, 0.25) is 0 Å². The second-order valence-electron chi connectivity index (χ2n) is 4.42. The largest absolute Gasteiger partial charge is 0.324 e. The number of nitrogens with two attached hydrogens (primary N) is 1. The topological polar surface area (TPSA) is 55.1 Å². The van der Waals surface area contributed by atoms with Crippen molar-refractivity contribution < 1.29 is 4.79 Å². The lowest BCUT2D eigenvalue weighted by atomic mass is 10.2. The van der Waals surface area contributed by atoms with Gasteiger partial charge in [0.2, 0.25) is 5.91 Å². The van der Waals surface area contributed by atoms with E-state index in [0.29, 0.717) is 6.42 Å². The molecule has 0 radical (unpaired) electrons. The van der Waals surface area contributed by atoms with Gasteiger partial charge in [-0.05, 0) is 30.7 Å². The Morgan fingerprint density at radius 3 is 2.50 bits per heavy atom. The molecule has 3 nitrogen and oxygen atoms in total. The summed E-state index contributed by atoms with van der Waals surface area (Å²) in [6.45, 7) is 1.90. The number of carbonyl (C=O) groups is 1. The molecule has 0 aliphatic carbocycles. The minimum Gasteiger partial charge on any atom is -0.324 e. The van der Waals surface area contributed by atoms with E-state index >= 15 is 0 Å². The minimum absolute atomic E-state index is 0.145. The Bertz CT molecular complexity index is 572. The van der Waals surface area contributed by atoms with E-state index in [9.17, 15) is 4.79 Å².